The smallest absolute Gasteiger partial charge is 0.0223 e. The largest absolute Gasteiger partial charge is 0.385 e. The predicted octanol–water partition coefficient (Wildman–Crippen LogP) is 0.998. The Balaban J connectivity index is -0.000000213. The first-order valence-corrected chi connectivity index (χ1v) is 2.39. The predicted molar refractivity (Wildman–Crippen MR) is 38.2 cm³/mol. The van der Waals surface area contributed by atoms with E-state index in [-0.39, 0.29) is 27.8 Å². The van der Waals surface area contributed by atoms with Gasteiger partial charge in [-0.25, -0.2) is 0 Å². The van der Waals surface area contributed by atoms with Crippen LogP contribution in [-0.2, 0) is 20.4 Å². The monoisotopic (exact) mass is 576 g/mol. The maximum absolute atomic E-state index is 5.16. The molecule has 0 amide bonds. The number of rotatable bonds is 1. The Hall–Kier alpha value is -1.36. The van der Waals surface area contributed by atoms with Crippen LogP contribution in [0.5, 0.6) is 0 Å². The number of nitrogens with two attached hydrogens (primary N) is 1. The number of pyridine rings is 1. The summed E-state index contributed by atoms with van der Waals surface area (Å²) in [6.45, 7) is 1.47. The molecule has 1 aromatic rings. The minimum absolute atomic E-state index is 0. The first-order chi connectivity index (χ1) is 3.93. The number of nitrogens with zero attached hydrogens (tertiary/aromatic N) is 1. The van der Waals surface area contributed by atoms with Gasteiger partial charge in [-0.2, -0.15) is 6.07 Å². The summed E-state index contributed by atoms with van der Waals surface area (Å²) in [7, 11) is 0. The Bertz CT molecular complexity index is 158. The molecule has 11 heavy (non-hydrogen) atoms. The zero-order valence-corrected chi connectivity index (χ0v) is 15.6. The molecule has 2 N–H and O–H groups in total. The van der Waals surface area contributed by atoms with Crippen LogP contribution in [0.15, 0.2) is 24.4 Å². The molecule has 0 saturated carbocycles. The van der Waals surface area contributed by atoms with Crippen molar-refractivity contribution >= 4 is 0 Å². The Kier molecular flexibility index (Phi) is 12.8. The maximum Gasteiger partial charge on any atom is 0.0223 e. The van der Waals surface area contributed by atoms with Gasteiger partial charge in [-0.05, 0) is 0 Å². The average Bonchev–Trinajstić information content (AvgIpc) is 1.90. The van der Waals surface area contributed by atoms with Gasteiger partial charge in [0.25, 0.3) is 0 Å². The van der Waals surface area contributed by atoms with Crippen molar-refractivity contribution in [3.05, 3.63) is 44.1 Å². The minimum Gasteiger partial charge on any atom is -0.385 e. The van der Waals surface area contributed by atoms with E-state index in [1.54, 1.807) is 6.20 Å². The van der Waals surface area contributed by atoms with Gasteiger partial charge in [0.05, 0.1) is 0 Å². The van der Waals surface area contributed by atoms with Crippen LogP contribution in [0.1, 0.15) is 5.69 Å². The SMILES string of the molecule is N[CH-]c1ccccn1.[CH3-].[Re].[Rf]. The Morgan fingerprint density at radius 3 is 2.27 bits per heavy atom. The summed E-state index contributed by atoms with van der Waals surface area (Å²) in [5, 5.41) is 0. The quantitative estimate of drug-likeness (QED) is 0.508. The van der Waals surface area contributed by atoms with E-state index in [0.29, 0.717) is 0 Å². The summed E-state index contributed by atoms with van der Waals surface area (Å²) in [5.74, 6) is 0. The van der Waals surface area contributed by atoms with E-state index < -0.39 is 0 Å². The third-order valence-corrected chi connectivity index (χ3v) is 0.859. The van der Waals surface area contributed by atoms with Crippen molar-refractivity contribution in [1.29, 1.82) is 0 Å². The van der Waals surface area contributed by atoms with Crippen molar-refractivity contribution in [3.63, 3.8) is 0 Å². The molecule has 0 bridgehead atoms. The van der Waals surface area contributed by atoms with E-state index >= 15 is 0 Å². The summed E-state index contributed by atoms with van der Waals surface area (Å²) in [4.78, 5) is 3.92. The molecule has 0 aliphatic carbocycles. The van der Waals surface area contributed by atoms with E-state index in [1.807, 2.05) is 18.2 Å². The molecule has 1 heterocycles. The van der Waals surface area contributed by atoms with Crippen molar-refractivity contribution in [3.8, 4) is 0 Å². The molecule has 0 saturated heterocycles. The number of aromatic nitrogens is 1. The fourth-order valence-corrected chi connectivity index (χ4v) is 0.475. The van der Waals surface area contributed by atoms with Gasteiger partial charge in [0, 0.05) is 26.6 Å². The summed E-state index contributed by atoms with van der Waals surface area (Å²) < 4.78 is 0. The standard InChI is InChI=1S/C6H7N2.CH3.Re.Rf/c7-5-6-3-1-2-4-8-6;;;/h1-5H,7H2;1H3;;/q2*-1;;. The van der Waals surface area contributed by atoms with Crippen molar-refractivity contribution in [1.82, 2.24) is 4.98 Å². The molecule has 0 aromatic carbocycles. The van der Waals surface area contributed by atoms with Gasteiger partial charge in [-0.15, -0.1) is 12.6 Å². The van der Waals surface area contributed by atoms with Crippen LogP contribution >= 0.6 is 0 Å². The molecule has 0 aliphatic heterocycles. The van der Waals surface area contributed by atoms with Crippen LogP contribution < -0.4 is 5.73 Å². The van der Waals surface area contributed by atoms with E-state index in [4.69, 9.17) is 5.73 Å². The van der Waals surface area contributed by atoms with Gasteiger partial charge in [-0.1, -0.05) is 11.8 Å². The molecule has 1 aromatic heterocycles. The van der Waals surface area contributed by atoms with E-state index in [9.17, 15) is 0 Å². The molecule has 0 aliphatic rings. The first kappa shape index (κ1) is 16.3. The van der Waals surface area contributed by atoms with Gasteiger partial charge in [-0.3, -0.25) is 4.98 Å². The van der Waals surface area contributed by atoms with Gasteiger partial charge >= 0.3 is 0 Å². The van der Waals surface area contributed by atoms with Crippen LogP contribution in [-0.4, -0.2) is 4.98 Å². The van der Waals surface area contributed by atoms with Crippen LogP contribution in [0, 0.1) is 14.0 Å². The van der Waals surface area contributed by atoms with Crippen LogP contribution in [0.2, 0.25) is 0 Å². The van der Waals surface area contributed by atoms with Gasteiger partial charge in [0.2, 0.25) is 0 Å². The minimum atomic E-state index is 0. The molecule has 59 valence electrons. The summed E-state index contributed by atoms with van der Waals surface area (Å²) in [6, 6.07) is 5.60. The topological polar surface area (TPSA) is 38.9 Å². The fourth-order valence-electron chi connectivity index (χ4n) is 0.475. The Morgan fingerprint density at radius 1 is 1.36 bits per heavy atom. The van der Waals surface area contributed by atoms with Gasteiger partial charge < -0.3 is 13.2 Å². The molecule has 0 spiro atoms. The Labute approximate surface area is 75.5 Å². The molecular weight excluding hydrogens is 565 g/mol. The van der Waals surface area contributed by atoms with Gasteiger partial charge in [0.1, 0.15) is 0 Å². The zero-order valence-electron chi connectivity index (χ0n) is 6.50. The third kappa shape index (κ3) is 5.11. The molecular formula is C7H10N2ReRf-2. The zero-order chi connectivity index (χ0) is 5.82. The Morgan fingerprint density at radius 2 is 2.00 bits per heavy atom. The van der Waals surface area contributed by atoms with Crippen molar-refractivity contribution in [2.24, 2.45) is 5.73 Å². The van der Waals surface area contributed by atoms with E-state index in [2.05, 4.69) is 4.98 Å². The first-order valence-electron chi connectivity index (χ1n) is 2.39. The summed E-state index contributed by atoms with van der Waals surface area (Å²) in [5.41, 5.74) is 5.97. The fraction of sp³-hybridized carbons (Fsp3) is 0. The second-order valence-corrected chi connectivity index (χ2v) is 1.42. The van der Waals surface area contributed by atoms with Gasteiger partial charge in [0.15, 0.2) is 0 Å². The molecule has 1 rings (SSSR count). The van der Waals surface area contributed by atoms with Crippen LogP contribution in [0.4, 0.5) is 0 Å². The van der Waals surface area contributed by atoms with Crippen molar-refractivity contribution in [2.75, 3.05) is 0 Å². The molecule has 0 atom stereocenters. The van der Waals surface area contributed by atoms with Crippen molar-refractivity contribution in [2.45, 2.75) is 0 Å². The maximum atomic E-state index is 5.16. The molecule has 2 nitrogen and oxygen atoms in total. The number of hydrogen-bond donors (Lipinski definition) is 1. The molecule has 4 heteroatoms. The molecule has 1 radical (unpaired) electrons. The normalized spacial score (nSPS) is 6.27. The summed E-state index contributed by atoms with van der Waals surface area (Å²) in [6.07, 6.45) is 1.71. The van der Waals surface area contributed by atoms with E-state index in [0.717, 1.165) is 5.69 Å². The molecule has 0 fully saturated rings. The van der Waals surface area contributed by atoms with Crippen LogP contribution in [0.25, 0.3) is 0 Å². The molecule has 0 unspecified atom stereocenters. The third-order valence-electron chi connectivity index (χ3n) is 0.859. The second-order valence-electron chi connectivity index (χ2n) is 1.42. The average molecular weight is 575 g/mol. The second kappa shape index (κ2) is 8.64. The van der Waals surface area contributed by atoms with Crippen LogP contribution in [0.3, 0.4) is 0 Å². The number of hydrogen-bond acceptors (Lipinski definition) is 2. The van der Waals surface area contributed by atoms with E-state index in [1.165, 1.54) is 6.54 Å². The van der Waals surface area contributed by atoms with Crippen molar-refractivity contribution < 1.29 is 20.4 Å². The summed E-state index contributed by atoms with van der Waals surface area (Å²) >= 11 is 0.